The van der Waals surface area contributed by atoms with Crippen molar-refractivity contribution < 1.29 is 4.79 Å². The Labute approximate surface area is 177 Å². The molecule has 2 rings (SSSR count). The maximum Gasteiger partial charge on any atom is 0.165 e. The quantitative estimate of drug-likeness (QED) is 0.486. The molecule has 160 valence electrons. The van der Waals surface area contributed by atoms with Crippen LogP contribution in [-0.4, -0.2) is 16.8 Å². The highest BCUT2D eigenvalue weighted by atomic mass is 16.1. The molecule has 0 spiro atoms. The normalized spacial score (nSPS) is 18.4. The van der Waals surface area contributed by atoms with Gasteiger partial charge in [0.15, 0.2) is 5.78 Å². The highest BCUT2D eigenvalue weighted by Gasteiger charge is 2.33. The van der Waals surface area contributed by atoms with E-state index < -0.39 is 0 Å². The Balaban J connectivity index is 2.22. The third-order valence-corrected chi connectivity index (χ3v) is 6.57. The van der Waals surface area contributed by atoms with E-state index in [0.29, 0.717) is 35.2 Å². The van der Waals surface area contributed by atoms with E-state index in [1.807, 2.05) is 0 Å². The Hall–Kier alpha value is -1.89. The molecule has 0 saturated carbocycles. The van der Waals surface area contributed by atoms with Gasteiger partial charge in [0.05, 0.1) is 11.3 Å². The summed E-state index contributed by atoms with van der Waals surface area (Å²) in [7, 11) is 0. The Morgan fingerprint density at radius 1 is 1.24 bits per heavy atom. The lowest BCUT2D eigenvalue weighted by Crippen LogP contribution is -2.30. The Morgan fingerprint density at radius 3 is 2.55 bits per heavy atom. The third-order valence-electron chi connectivity index (χ3n) is 6.57. The topological polar surface area (TPSA) is 65.8 Å². The van der Waals surface area contributed by atoms with Crippen molar-refractivity contribution in [1.29, 1.82) is 5.26 Å². The number of pyridine rings is 1. The van der Waals surface area contributed by atoms with Crippen molar-refractivity contribution >= 4 is 11.6 Å². The second-order valence-electron chi connectivity index (χ2n) is 9.70. The first kappa shape index (κ1) is 23.4. The summed E-state index contributed by atoms with van der Waals surface area (Å²) < 4.78 is 0. The number of nitrogens with one attached hydrogen (secondary N) is 1. The summed E-state index contributed by atoms with van der Waals surface area (Å²) in [5, 5.41) is 13.2. The van der Waals surface area contributed by atoms with Gasteiger partial charge in [-0.2, -0.15) is 5.26 Å². The number of rotatable bonds is 10. The van der Waals surface area contributed by atoms with E-state index in [-0.39, 0.29) is 17.2 Å². The minimum atomic E-state index is -0.0747. The maximum atomic E-state index is 12.5. The molecule has 29 heavy (non-hydrogen) atoms. The number of anilines is 1. The average Bonchev–Trinajstić information content (AvgIpc) is 2.67. The van der Waals surface area contributed by atoms with Gasteiger partial charge in [0.1, 0.15) is 11.9 Å². The number of hydrogen-bond acceptors (Lipinski definition) is 4. The Morgan fingerprint density at radius 2 is 1.97 bits per heavy atom. The van der Waals surface area contributed by atoms with E-state index >= 15 is 0 Å². The van der Waals surface area contributed by atoms with E-state index in [2.05, 4.69) is 52.9 Å². The molecule has 0 fully saturated rings. The summed E-state index contributed by atoms with van der Waals surface area (Å²) in [6.45, 7) is 13.3. The van der Waals surface area contributed by atoms with Crippen LogP contribution in [0.4, 0.5) is 5.82 Å². The summed E-state index contributed by atoms with van der Waals surface area (Å²) >= 11 is 0. The molecule has 0 bridgehead atoms. The van der Waals surface area contributed by atoms with Crippen LogP contribution >= 0.6 is 0 Å². The molecule has 0 amide bonds. The van der Waals surface area contributed by atoms with Crippen molar-refractivity contribution in [3.05, 3.63) is 22.9 Å². The van der Waals surface area contributed by atoms with Gasteiger partial charge in [0, 0.05) is 18.0 Å². The first-order chi connectivity index (χ1) is 13.7. The van der Waals surface area contributed by atoms with Gasteiger partial charge in [0.25, 0.3) is 0 Å². The fraction of sp³-hybridized carbons (Fsp3) is 0.720. The summed E-state index contributed by atoms with van der Waals surface area (Å²) in [6.07, 6.45) is 8.36. The third kappa shape index (κ3) is 6.04. The number of hydrogen-bond donors (Lipinski definition) is 1. The van der Waals surface area contributed by atoms with Crippen LogP contribution in [-0.2, 0) is 6.42 Å². The Bertz CT molecular complexity index is 747. The molecule has 4 heteroatoms. The van der Waals surface area contributed by atoms with Crippen LogP contribution in [0.1, 0.15) is 108 Å². The van der Waals surface area contributed by atoms with Crippen molar-refractivity contribution in [1.82, 2.24) is 4.98 Å². The molecule has 1 aromatic heterocycles. The summed E-state index contributed by atoms with van der Waals surface area (Å²) in [5.41, 5.74) is 1.89. The molecule has 1 aliphatic carbocycles. The van der Waals surface area contributed by atoms with Crippen LogP contribution in [0.15, 0.2) is 6.07 Å². The van der Waals surface area contributed by atoms with Crippen LogP contribution in [0.2, 0.25) is 0 Å². The highest BCUT2D eigenvalue weighted by Crippen LogP contribution is 2.36. The van der Waals surface area contributed by atoms with Crippen LogP contribution in [0.3, 0.4) is 0 Å². The Kier molecular flexibility index (Phi) is 8.25. The number of nitrogens with zero attached hydrogens (tertiary/aromatic N) is 2. The van der Waals surface area contributed by atoms with Crippen LogP contribution in [0, 0.1) is 28.6 Å². The number of nitriles is 1. The molecule has 4 nitrogen and oxygen atoms in total. The lowest BCUT2D eigenvalue weighted by atomic mass is 9.75. The lowest BCUT2D eigenvalue weighted by molar-refractivity contribution is 0.0910. The predicted molar refractivity (Wildman–Crippen MR) is 120 cm³/mol. The van der Waals surface area contributed by atoms with Gasteiger partial charge >= 0.3 is 0 Å². The fourth-order valence-corrected chi connectivity index (χ4v) is 4.62. The first-order valence-corrected chi connectivity index (χ1v) is 11.5. The standard InChI is InChI=1S/C25H39N3O/c1-7-10-11-17(4)18(8-2)12-20(9-3)27-24-19(16-26)13-21-22(28-24)14-25(5,6)15-23(21)29/h13,17-18,20H,7-12,14-15H2,1-6H3,(H,27,28). The number of carbonyl (C=O) groups excluding carboxylic acids is 1. The summed E-state index contributed by atoms with van der Waals surface area (Å²) in [6, 6.07) is 4.30. The molecule has 1 N–H and O–H groups in total. The van der Waals surface area contributed by atoms with E-state index in [4.69, 9.17) is 4.98 Å². The van der Waals surface area contributed by atoms with Gasteiger partial charge in [-0.05, 0) is 42.6 Å². The van der Waals surface area contributed by atoms with Crippen molar-refractivity contribution in [2.45, 2.75) is 99.0 Å². The fourth-order valence-electron chi connectivity index (χ4n) is 4.62. The zero-order valence-corrected chi connectivity index (χ0v) is 19.3. The van der Waals surface area contributed by atoms with Gasteiger partial charge in [-0.15, -0.1) is 0 Å². The first-order valence-electron chi connectivity index (χ1n) is 11.5. The molecule has 3 unspecified atom stereocenters. The zero-order chi connectivity index (χ0) is 21.6. The van der Waals surface area contributed by atoms with Gasteiger partial charge in [0.2, 0.25) is 0 Å². The average molecular weight is 398 g/mol. The zero-order valence-electron chi connectivity index (χ0n) is 19.3. The van der Waals surface area contributed by atoms with Gasteiger partial charge in [-0.1, -0.05) is 67.2 Å². The van der Waals surface area contributed by atoms with E-state index in [0.717, 1.165) is 25.0 Å². The van der Waals surface area contributed by atoms with Crippen molar-refractivity contribution in [2.75, 3.05) is 5.32 Å². The minimum absolute atomic E-state index is 0.0747. The molecule has 1 heterocycles. The van der Waals surface area contributed by atoms with Crippen molar-refractivity contribution in [3.8, 4) is 6.07 Å². The van der Waals surface area contributed by atoms with Crippen molar-refractivity contribution in [3.63, 3.8) is 0 Å². The van der Waals surface area contributed by atoms with E-state index in [1.54, 1.807) is 6.07 Å². The molecule has 1 aromatic rings. The number of aromatic nitrogens is 1. The van der Waals surface area contributed by atoms with Gasteiger partial charge in [-0.25, -0.2) is 4.98 Å². The molecule has 0 aliphatic heterocycles. The SMILES string of the molecule is CCCCC(C)C(CC)CC(CC)Nc1nc2c(cc1C#N)C(=O)CC(C)(C)C2. The minimum Gasteiger partial charge on any atom is -0.366 e. The lowest BCUT2D eigenvalue weighted by Gasteiger charge is -2.31. The van der Waals surface area contributed by atoms with Gasteiger partial charge in [-0.3, -0.25) is 4.79 Å². The van der Waals surface area contributed by atoms with Crippen molar-refractivity contribution in [2.24, 2.45) is 17.3 Å². The predicted octanol–water partition coefficient (Wildman–Crippen LogP) is 6.54. The maximum absolute atomic E-state index is 12.5. The van der Waals surface area contributed by atoms with Crippen LogP contribution < -0.4 is 5.32 Å². The highest BCUT2D eigenvalue weighted by molar-refractivity contribution is 5.99. The molecule has 0 aromatic carbocycles. The molecule has 0 saturated heterocycles. The summed E-state index contributed by atoms with van der Waals surface area (Å²) in [4.78, 5) is 17.3. The smallest absolute Gasteiger partial charge is 0.165 e. The number of ketones is 1. The molecular formula is C25H39N3O. The molecule has 0 radical (unpaired) electrons. The van der Waals surface area contributed by atoms with Crippen LogP contribution in [0.5, 0.6) is 0 Å². The second-order valence-corrected chi connectivity index (χ2v) is 9.70. The van der Waals surface area contributed by atoms with Gasteiger partial charge < -0.3 is 5.32 Å². The summed E-state index contributed by atoms with van der Waals surface area (Å²) in [5.74, 6) is 2.14. The monoisotopic (exact) mass is 397 g/mol. The number of unbranched alkanes of at least 4 members (excludes halogenated alkanes) is 1. The number of Topliss-reactive ketones (excluding diaryl/α,β-unsaturated/α-hetero) is 1. The van der Waals surface area contributed by atoms with E-state index in [1.165, 1.54) is 25.7 Å². The molecular weight excluding hydrogens is 358 g/mol. The van der Waals surface area contributed by atoms with E-state index in [9.17, 15) is 10.1 Å². The number of carbonyl (C=O) groups is 1. The molecule has 3 atom stereocenters. The number of fused-ring (bicyclic) bond motifs is 1. The molecule has 1 aliphatic rings. The second kappa shape index (κ2) is 10.2. The van der Waals surface area contributed by atoms with Crippen LogP contribution in [0.25, 0.3) is 0 Å². The largest absolute Gasteiger partial charge is 0.366 e.